The van der Waals surface area contributed by atoms with Gasteiger partial charge in [0.2, 0.25) is 0 Å². The van der Waals surface area contributed by atoms with Crippen molar-refractivity contribution in [2.24, 2.45) is 0 Å². The van der Waals surface area contributed by atoms with Crippen molar-refractivity contribution in [3.8, 4) is 0 Å². The standard InChI is InChI=1S/C10H20N2O4S/c1-8(2)11-17(14,15)12-7-5-4-6-9(12)10(13)16-3/h8-9,11H,4-7H2,1-3H3/t9-/m1/s1. The first kappa shape index (κ1) is 14.4. The number of nitrogens with one attached hydrogen (secondary N) is 1. The van der Waals surface area contributed by atoms with Gasteiger partial charge in [-0.2, -0.15) is 17.4 Å². The van der Waals surface area contributed by atoms with Crippen molar-refractivity contribution in [1.82, 2.24) is 9.03 Å². The summed E-state index contributed by atoms with van der Waals surface area (Å²) in [6.07, 6.45) is 2.13. The summed E-state index contributed by atoms with van der Waals surface area (Å²) in [5.41, 5.74) is 0. The third kappa shape index (κ3) is 3.65. The zero-order valence-corrected chi connectivity index (χ0v) is 11.3. The van der Waals surface area contributed by atoms with Crippen LogP contribution in [0.1, 0.15) is 33.1 Å². The van der Waals surface area contributed by atoms with Crippen LogP contribution in [0.5, 0.6) is 0 Å². The van der Waals surface area contributed by atoms with Gasteiger partial charge in [0.15, 0.2) is 0 Å². The molecule has 0 aliphatic carbocycles. The van der Waals surface area contributed by atoms with E-state index in [-0.39, 0.29) is 6.04 Å². The molecule has 0 aromatic heterocycles. The molecule has 17 heavy (non-hydrogen) atoms. The van der Waals surface area contributed by atoms with Gasteiger partial charge in [-0.25, -0.2) is 0 Å². The summed E-state index contributed by atoms with van der Waals surface area (Å²) in [6, 6.07) is -0.884. The van der Waals surface area contributed by atoms with Crippen LogP contribution in [0.4, 0.5) is 0 Å². The molecular formula is C10H20N2O4S. The van der Waals surface area contributed by atoms with Crippen LogP contribution in [0.15, 0.2) is 0 Å². The second-order valence-corrected chi connectivity index (χ2v) is 6.08. The number of rotatable bonds is 4. The van der Waals surface area contributed by atoms with E-state index < -0.39 is 22.2 Å². The van der Waals surface area contributed by atoms with Gasteiger partial charge in [0, 0.05) is 12.6 Å². The highest BCUT2D eigenvalue weighted by molar-refractivity contribution is 7.87. The summed E-state index contributed by atoms with van der Waals surface area (Å²) in [6.45, 7) is 3.85. The van der Waals surface area contributed by atoms with Crippen LogP contribution in [0.2, 0.25) is 0 Å². The largest absolute Gasteiger partial charge is 0.468 e. The van der Waals surface area contributed by atoms with E-state index in [4.69, 9.17) is 0 Å². The van der Waals surface area contributed by atoms with Crippen LogP contribution in [-0.4, -0.2) is 44.4 Å². The van der Waals surface area contributed by atoms with Gasteiger partial charge >= 0.3 is 5.97 Å². The maximum atomic E-state index is 12.0. The van der Waals surface area contributed by atoms with E-state index in [1.165, 1.54) is 11.4 Å². The van der Waals surface area contributed by atoms with E-state index in [0.717, 1.165) is 12.8 Å². The molecule has 1 aliphatic rings. The molecule has 0 aromatic rings. The molecule has 1 aliphatic heterocycles. The summed E-state index contributed by atoms with van der Waals surface area (Å²) in [5, 5.41) is 0. The topological polar surface area (TPSA) is 75.7 Å². The second-order valence-electron chi connectivity index (χ2n) is 4.42. The van der Waals surface area contributed by atoms with E-state index >= 15 is 0 Å². The minimum Gasteiger partial charge on any atom is -0.468 e. The summed E-state index contributed by atoms with van der Waals surface area (Å²) in [5.74, 6) is -0.487. The molecular weight excluding hydrogens is 244 g/mol. The molecule has 1 saturated heterocycles. The van der Waals surface area contributed by atoms with Crippen LogP contribution < -0.4 is 4.72 Å². The first-order valence-corrected chi connectivity index (χ1v) is 7.19. The number of nitrogens with zero attached hydrogens (tertiary/aromatic N) is 1. The Labute approximate surface area is 102 Å². The zero-order valence-electron chi connectivity index (χ0n) is 10.5. The lowest BCUT2D eigenvalue weighted by Crippen LogP contribution is -2.53. The lowest BCUT2D eigenvalue weighted by Gasteiger charge is -2.33. The fraction of sp³-hybridized carbons (Fsp3) is 0.900. The Hall–Kier alpha value is -0.660. The number of methoxy groups -OCH3 is 1. The first-order valence-electron chi connectivity index (χ1n) is 5.75. The summed E-state index contributed by atoms with van der Waals surface area (Å²) in [7, 11) is -2.33. The number of esters is 1. The van der Waals surface area contributed by atoms with Crippen molar-refractivity contribution >= 4 is 16.2 Å². The number of carbonyl (C=O) groups excluding carboxylic acids is 1. The van der Waals surface area contributed by atoms with Crippen molar-refractivity contribution in [3.05, 3.63) is 0 Å². The maximum absolute atomic E-state index is 12.0. The van der Waals surface area contributed by atoms with Crippen molar-refractivity contribution in [3.63, 3.8) is 0 Å². The summed E-state index contributed by atoms with van der Waals surface area (Å²) < 4.78 is 32.4. The minimum atomic E-state index is -3.60. The molecule has 1 rings (SSSR count). The van der Waals surface area contributed by atoms with Gasteiger partial charge in [-0.15, -0.1) is 0 Å². The van der Waals surface area contributed by atoms with Crippen LogP contribution >= 0.6 is 0 Å². The lowest BCUT2D eigenvalue weighted by molar-refractivity contribution is -0.146. The second kappa shape index (κ2) is 5.79. The highest BCUT2D eigenvalue weighted by Crippen LogP contribution is 2.20. The van der Waals surface area contributed by atoms with Crippen molar-refractivity contribution in [2.75, 3.05) is 13.7 Å². The number of carbonyl (C=O) groups is 1. The molecule has 0 bridgehead atoms. The quantitative estimate of drug-likeness (QED) is 0.739. The Morgan fingerprint density at radius 1 is 1.41 bits per heavy atom. The molecule has 1 atom stereocenters. The Bertz CT molecular complexity index is 367. The third-order valence-electron chi connectivity index (χ3n) is 2.62. The fourth-order valence-electron chi connectivity index (χ4n) is 1.93. The van der Waals surface area contributed by atoms with Gasteiger partial charge in [0.25, 0.3) is 10.2 Å². The van der Waals surface area contributed by atoms with Crippen LogP contribution in [0.3, 0.4) is 0 Å². The number of hydrogen-bond acceptors (Lipinski definition) is 4. The highest BCUT2D eigenvalue weighted by atomic mass is 32.2. The van der Waals surface area contributed by atoms with Gasteiger partial charge in [-0.3, -0.25) is 4.79 Å². The van der Waals surface area contributed by atoms with Gasteiger partial charge in [0.05, 0.1) is 7.11 Å². The highest BCUT2D eigenvalue weighted by Gasteiger charge is 2.37. The van der Waals surface area contributed by atoms with E-state index in [1.54, 1.807) is 13.8 Å². The fourth-order valence-corrected chi connectivity index (χ4v) is 3.56. The SMILES string of the molecule is COC(=O)[C@H]1CCCCN1S(=O)(=O)NC(C)C. The van der Waals surface area contributed by atoms with Crippen molar-refractivity contribution < 1.29 is 17.9 Å². The Balaban J connectivity index is 2.88. The zero-order chi connectivity index (χ0) is 13.1. The molecule has 0 aromatic carbocycles. The number of hydrogen-bond donors (Lipinski definition) is 1. The van der Waals surface area contributed by atoms with Crippen LogP contribution in [0.25, 0.3) is 0 Å². The molecule has 0 unspecified atom stereocenters. The molecule has 1 fully saturated rings. The predicted octanol–water partition coefficient (Wildman–Crippen LogP) is 0.257. The Morgan fingerprint density at radius 2 is 2.06 bits per heavy atom. The van der Waals surface area contributed by atoms with Crippen molar-refractivity contribution in [1.29, 1.82) is 0 Å². The first-order chi connectivity index (χ1) is 7.88. The average molecular weight is 264 g/mol. The van der Waals surface area contributed by atoms with E-state index in [1.807, 2.05) is 0 Å². The molecule has 7 heteroatoms. The monoisotopic (exact) mass is 264 g/mol. The molecule has 0 spiro atoms. The average Bonchev–Trinajstić information content (AvgIpc) is 2.26. The van der Waals surface area contributed by atoms with Gasteiger partial charge in [-0.1, -0.05) is 0 Å². The summed E-state index contributed by atoms with van der Waals surface area (Å²) in [4.78, 5) is 11.6. The maximum Gasteiger partial charge on any atom is 0.324 e. The molecule has 1 heterocycles. The predicted molar refractivity (Wildman–Crippen MR) is 63.6 cm³/mol. The smallest absolute Gasteiger partial charge is 0.324 e. The molecule has 100 valence electrons. The molecule has 1 N–H and O–H groups in total. The minimum absolute atomic E-state index is 0.194. The number of piperidine rings is 1. The molecule has 0 radical (unpaired) electrons. The summed E-state index contributed by atoms with van der Waals surface area (Å²) >= 11 is 0. The molecule has 0 saturated carbocycles. The van der Waals surface area contributed by atoms with Gasteiger partial charge < -0.3 is 4.74 Å². The van der Waals surface area contributed by atoms with E-state index in [2.05, 4.69) is 9.46 Å². The van der Waals surface area contributed by atoms with Crippen LogP contribution in [0, 0.1) is 0 Å². The Morgan fingerprint density at radius 3 is 2.59 bits per heavy atom. The van der Waals surface area contributed by atoms with Gasteiger partial charge in [-0.05, 0) is 33.1 Å². The molecule has 6 nitrogen and oxygen atoms in total. The van der Waals surface area contributed by atoms with E-state index in [0.29, 0.717) is 13.0 Å². The molecule has 0 amide bonds. The number of ether oxygens (including phenoxy) is 1. The Kier molecular flexibility index (Phi) is 4.91. The van der Waals surface area contributed by atoms with E-state index in [9.17, 15) is 13.2 Å². The van der Waals surface area contributed by atoms with Crippen molar-refractivity contribution in [2.45, 2.75) is 45.2 Å². The van der Waals surface area contributed by atoms with Gasteiger partial charge in [0.1, 0.15) is 6.04 Å². The third-order valence-corrected chi connectivity index (χ3v) is 4.44. The lowest BCUT2D eigenvalue weighted by atomic mass is 10.1. The normalized spacial score (nSPS) is 22.7. The van der Waals surface area contributed by atoms with Crippen LogP contribution in [-0.2, 0) is 19.7 Å².